The zero-order valence-corrected chi connectivity index (χ0v) is 10.1. The van der Waals surface area contributed by atoms with Gasteiger partial charge < -0.3 is 9.84 Å². The topological polar surface area (TPSA) is 42.4 Å². The molecule has 0 aliphatic carbocycles. The summed E-state index contributed by atoms with van der Waals surface area (Å²) in [7, 11) is 0. The van der Waals surface area contributed by atoms with Gasteiger partial charge in [0.1, 0.15) is 6.61 Å². The second-order valence-electron chi connectivity index (χ2n) is 4.09. The van der Waals surface area contributed by atoms with Crippen molar-refractivity contribution in [2.24, 2.45) is 5.92 Å². The molecule has 0 aliphatic rings. The second-order valence-corrected chi connectivity index (χ2v) is 4.09. The summed E-state index contributed by atoms with van der Waals surface area (Å²) in [5.74, 6) is 1.39. The molecule has 1 aromatic rings. The van der Waals surface area contributed by atoms with Crippen LogP contribution in [0.3, 0.4) is 0 Å². The molecule has 1 aromatic heterocycles. The molecule has 1 heterocycles. The number of pyridine rings is 1. The number of hydrogen-bond donors (Lipinski definition) is 1. The third-order valence-electron chi connectivity index (χ3n) is 2.78. The van der Waals surface area contributed by atoms with Crippen LogP contribution in [0.4, 0.5) is 0 Å². The van der Waals surface area contributed by atoms with Gasteiger partial charge in [0.25, 0.3) is 0 Å². The van der Waals surface area contributed by atoms with Crippen molar-refractivity contribution in [1.82, 2.24) is 4.98 Å². The molecule has 3 heteroatoms. The first-order valence-electron chi connectivity index (χ1n) is 5.95. The monoisotopic (exact) mass is 223 g/mol. The minimum Gasteiger partial charge on any atom is -0.475 e. The molecule has 0 aliphatic heterocycles. The van der Waals surface area contributed by atoms with Crippen LogP contribution < -0.4 is 4.74 Å². The Kier molecular flexibility index (Phi) is 5.86. The van der Waals surface area contributed by atoms with Crippen molar-refractivity contribution in [1.29, 1.82) is 0 Å². The molecule has 0 aromatic carbocycles. The highest BCUT2D eigenvalue weighted by Gasteiger charge is 2.06. The molecule has 0 saturated heterocycles. The molecule has 90 valence electrons. The number of aromatic nitrogens is 1. The van der Waals surface area contributed by atoms with Crippen LogP contribution in [-0.2, 0) is 6.42 Å². The van der Waals surface area contributed by atoms with Gasteiger partial charge in [-0.1, -0.05) is 26.3 Å². The van der Waals surface area contributed by atoms with Crippen molar-refractivity contribution in [3.8, 4) is 5.88 Å². The van der Waals surface area contributed by atoms with Crippen LogP contribution in [0.15, 0.2) is 18.3 Å². The molecule has 0 saturated carbocycles. The largest absolute Gasteiger partial charge is 0.475 e. The van der Waals surface area contributed by atoms with Gasteiger partial charge in [0, 0.05) is 11.8 Å². The quantitative estimate of drug-likeness (QED) is 0.772. The fourth-order valence-corrected chi connectivity index (χ4v) is 1.49. The first-order valence-corrected chi connectivity index (χ1v) is 5.95. The summed E-state index contributed by atoms with van der Waals surface area (Å²) in [4.78, 5) is 4.19. The maximum Gasteiger partial charge on any atom is 0.216 e. The third kappa shape index (κ3) is 4.19. The zero-order chi connectivity index (χ0) is 11.8. The van der Waals surface area contributed by atoms with E-state index in [0.717, 1.165) is 24.3 Å². The number of aryl methyl sites for hydroxylation is 1. The molecular weight excluding hydrogens is 202 g/mol. The standard InChI is InChI=1S/C13H21NO2/c1-3-11(2)6-7-12-5-4-8-14-13(12)16-10-9-15/h4-5,8,11,15H,3,6-7,9-10H2,1-2H3. The van der Waals surface area contributed by atoms with Gasteiger partial charge in [-0.2, -0.15) is 0 Å². The van der Waals surface area contributed by atoms with E-state index in [1.165, 1.54) is 6.42 Å². The predicted octanol–water partition coefficient (Wildman–Crippen LogP) is 2.43. The molecule has 1 unspecified atom stereocenters. The number of nitrogens with zero attached hydrogens (tertiary/aromatic N) is 1. The lowest BCUT2D eigenvalue weighted by atomic mass is 10.00. The van der Waals surface area contributed by atoms with E-state index in [1.54, 1.807) is 6.20 Å². The molecule has 0 fully saturated rings. The highest BCUT2D eigenvalue weighted by Crippen LogP contribution is 2.19. The highest BCUT2D eigenvalue weighted by molar-refractivity contribution is 5.25. The van der Waals surface area contributed by atoms with Crippen LogP contribution in [0.2, 0.25) is 0 Å². The Bertz CT molecular complexity index is 302. The lowest BCUT2D eigenvalue weighted by molar-refractivity contribution is 0.195. The van der Waals surface area contributed by atoms with Gasteiger partial charge in [-0.15, -0.1) is 0 Å². The van der Waals surface area contributed by atoms with Crippen LogP contribution in [0.25, 0.3) is 0 Å². The van der Waals surface area contributed by atoms with Gasteiger partial charge in [-0.25, -0.2) is 4.98 Å². The highest BCUT2D eigenvalue weighted by atomic mass is 16.5. The van der Waals surface area contributed by atoms with Crippen molar-refractivity contribution >= 4 is 0 Å². The number of aliphatic hydroxyl groups is 1. The summed E-state index contributed by atoms with van der Waals surface area (Å²) in [6.45, 7) is 4.80. The van der Waals surface area contributed by atoms with Crippen molar-refractivity contribution in [3.05, 3.63) is 23.9 Å². The molecule has 0 amide bonds. The van der Waals surface area contributed by atoms with E-state index in [4.69, 9.17) is 9.84 Å². The molecule has 0 spiro atoms. The Morgan fingerprint density at radius 2 is 2.31 bits per heavy atom. The van der Waals surface area contributed by atoms with Gasteiger partial charge >= 0.3 is 0 Å². The fraction of sp³-hybridized carbons (Fsp3) is 0.615. The Hall–Kier alpha value is -1.09. The van der Waals surface area contributed by atoms with E-state index in [-0.39, 0.29) is 6.61 Å². The first kappa shape index (κ1) is 13.0. The maximum absolute atomic E-state index is 8.72. The van der Waals surface area contributed by atoms with E-state index >= 15 is 0 Å². The van der Waals surface area contributed by atoms with E-state index < -0.39 is 0 Å². The Labute approximate surface area is 97.5 Å². The van der Waals surface area contributed by atoms with Crippen molar-refractivity contribution in [2.45, 2.75) is 33.1 Å². The van der Waals surface area contributed by atoms with Crippen molar-refractivity contribution in [3.63, 3.8) is 0 Å². The van der Waals surface area contributed by atoms with Gasteiger partial charge in [0.2, 0.25) is 5.88 Å². The number of rotatable bonds is 7. The van der Waals surface area contributed by atoms with Crippen molar-refractivity contribution < 1.29 is 9.84 Å². The Morgan fingerprint density at radius 1 is 1.50 bits per heavy atom. The summed E-state index contributed by atoms with van der Waals surface area (Å²) in [6, 6.07) is 3.97. The van der Waals surface area contributed by atoms with Gasteiger partial charge in [-0.3, -0.25) is 0 Å². The normalized spacial score (nSPS) is 12.4. The minimum absolute atomic E-state index is 0.0291. The average molecular weight is 223 g/mol. The molecule has 3 nitrogen and oxygen atoms in total. The Morgan fingerprint density at radius 3 is 3.00 bits per heavy atom. The van der Waals surface area contributed by atoms with Gasteiger partial charge in [0.05, 0.1) is 6.61 Å². The maximum atomic E-state index is 8.72. The summed E-state index contributed by atoms with van der Waals surface area (Å²) in [5.41, 5.74) is 1.14. The molecule has 16 heavy (non-hydrogen) atoms. The average Bonchev–Trinajstić information content (AvgIpc) is 2.34. The van der Waals surface area contributed by atoms with Crippen LogP contribution in [0, 0.1) is 5.92 Å². The number of aliphatic hydroxyl groups excluding tert-OH is 1. The number of hydrogen-bond acceptors (Lipinski definition) is 3. The lowest BCUT2D eigenvalue weighted by Gasteiger charge is -2.11. The molecule has 0 bridgehead atoms. The SMILES string of the molecule is CCC(C)CCc1cccnc1OCCO. The zero-order valence-electron chi connectivity index (χ0n) is 10.1. The van der Waals surface area contributed by atoms with E-state index in [0.29, 0.717) is 12.5 Å². The van der Waals surface area contributed by atoms with Crippen LogP contribution in [0.5, 0.6) is 5.88 Å². The van der Waals surface area contributed by atoms with Crippen LogP contribution in [-0.4, -0.2) is 23.3 Å². The molecular formula is C13H21NO2. The van der Waals surface area contributed by atoms with E-state index in [2.05, 4.69) is 18.8 Å². The van der Waals surface area contributed by atoms with E-state index in [1.807, 2.05) is 12.1 Å². The molecule has 0 radical (unpaired) electrons. The second kappa shape index (κ2) is 7.23. The molecule has 1 rings (SSSR count). The summed E-state index contributed by atoms with van der Waals surface area (Å²) in [6.07, 6.45) is 5.06. The smallest absolute Gasteiger partial charge is 0.216 e. The lowest BCUT2D eigenvalue weighted by Crippen LogP contribution is -2.06. The molecule has 1 N–H and O–H groups in total. The Balaban J connectivity index is 2.56. The minimum atomic E-state index is 0.0291. The van der Waals surface area contributed by atoms with Gasteiger partial charge in [0.15, 0.2) is 0 Å². The third-order valence-corrected chi connectivity index (χ3v) is 2.78. The van der Waals surface area contributed by atoms with Crippen LogP contribution in [0.1, 0.15) is 32.3 Å². The van der Waals surface area contributed by atoms with E-state index in [9.17, 15) is 0 Å². The predicted molar refractivity (Wildman–Crippen MR) is 64.6 cm³/mol. The fourth-order valence-electron chi connectivity index (χ4n) is 1.49. The number of ether oxygens (including phenoxy) is 1. The van der Waals surface area contributed by atoms with Crippen LogP contribution >= 0.6 is 0 Å². The molecule has 1 atom stereocenters. The summed E-state index contributed by atoms with van der Waals surface area (Å²) in [5, 5.41) is 8.72. The summed E-state index contributed by atoms with van der Waals surface area (Å²) >= 11 is 0. The summed E-state index contributed by atoms with van der Waals surface area (Å²) < 4.78 is 5.39. The van der Waals surface area contributed by atoms with Gasteiger partial charge in [-0.05, 0) is 24.8 Å². The van der Waals surface area contributed by atoms with Crippen molar-refractivity contribution in [2.75, 3.05) is 13.2 Å². The first-order chi connectivity index (χ1) is 7.77.